The van der Waals surface area contributed by atoms with Crippen molar-refractivity contribution < 1.29 is 14.9 Å². The first kappa shape index (κ1) is 15.4. The molecule has 0 aliphatic rings. The lowest BCUT2D eigenvalue weighted by Gasteiger charge is -2.27. The molecule has 0 fully saturated rings. The van der Waals surface area contributed by atoms with Crippen LogP contribution >= 0.6 is 0 Å². The summed E-state index contributed by atoms with van der Waals surface area (Å²) in [6, 6.07) is 0. The van der Waals surface area contributed by atoms with Crippen molar-refractivity contribution >= 4 is 5.97 Å². The molecule has 96 valence electrons. The van der Waals surface area contributed by atoms with E-state index in [0.29, 0.717) is 5.92 Å². The fourth-order valence-corrected chi connectivity index (χ4v) is 1.87. The van der Waals surface area contributed by atoms with E-state index in [9.17, 15) is 4.79 Å². The van der Waals surface area contributed by atoms with E-state index in [1.165, 1.54) is 6.42 Å². The van der Waals surface area contributed by atoms with Gasteiger partial charge in [0.15, 0.2) is 0 Å². The highest BCUT2D eigenvalue weighted by Gasteiger charge is 2.32. The number of rotatable bonds is 6. The Morgan fingerprint density at radius 1 is 1.19 bits per heavy atom. The maximum Gasteiger partial charge on any atom is 0.345 e. The topological polar surface area (TPSA) is 46.5 Å². The molecular weight excluding hydrogens is 204 g/mol. The van der Waals surface area contributed by atoms with Gasteiger partial charge in [-0.15, -0.1) is 0 Å². The molecule has 0 radical (unpaired) electrons. The van der Waals surface area contributed by atoms with E-state index in [1.54, 1.807) is 0 Å². The van der Waals surface area contributed by atoms with Crippen molar-refractivity contribution in [1.29, 1.82) is 0 Å². The standard InChI is InChI=1S/C13H26O3/c1-10(2)8-6-7-9-11(12(14)16-15)13(3,4)5/h10-11,15H,6-9H2,1-5H3. The van der Waals surface area contributed by atoms with E-state index < -0.39 is 5.97 Å². The van der Waals surface area contributed by atoms with Gasteiger partial charge in [-0.1, -0.05) is 53.9 Å². The maximum atomic E-state index is 11.4. The second-order valence-corrected chi connectivity index (χ2v) is 6.01. The van der Waals surface area contributed by atoms with Gasteiger partial charge in [-0.3, -0.25) is 0 Å². The monoisotopic (exact) mass is 230 g/mol. The van der Waals surface area contributed by atoms with Gasteiger partial charge in [-0.25, -0.2) is 4.79 Å². The van der Waals surface area contributed by atoms with Crippen molar-refractivity contribution in [3.05, 3.63) is 0 Å². The van der Waals surface area contributed by atoms with Gasteiger partial charge in [0.25, 0.3) is 0 Å². The van der Waals surface area contributed by atoms with Gasteiger partial charge in [-0.05, 0) is 17.8 Å². The van der Waals surface area contributed by atoms with E-state index in [4.69, 9.17) is 5.26 Å². The van der Waals surface area contributed by atoms with Crippen molar-refractivity contribution in [2.45, 2.75) is 60.3 Å². The minimum absolute atomic E-state index is 0.155. The molecule has 1 unspecified atom stereocenters. The lowest BCUT2D eigenvalue weighted by molar-refractivity contribution is -0.242. The average molecular weight is 230 g/mol. The SMILES string of the molecule is CC(C)CCCCC(C(=O)OO)C(C)(C)C. The number of hydrogen-bond donors (Lipinski definition) is 1. The van der Waals surface area contributed by atoms with Gasteiger partial charge in [-0.2, -0.15) is 5.26 Å². The number of unbranched alkanes of at least 4 members (excludes halogenated alkanes) is 1. The molecule has 1 atom stereocenters. The first-order chi connectivity index (χ1) is 7.29. The fraction of sp³-hybridized carbons (Fsp3) is 0.923. The molecule has 0 aromatic rings. The van der Waals surface area contributed by atoms with E-state index in [0.717, 1.165) is 19.3 Å². The van der Waals surface area contributed by atoms with Crippen molar-refractivity contribution in [2.24, 2.45) is 17.3 Å². The quantitative estimate of drug-likeness (QED) is 0.428. The molecule has 0 aliphatic carbocycles. The van der Waals surface area contributed by atoms with E-state index in [2.05, 4.69) is 18.7 Å². The molecule has 0 amide bonds. The van der Waals surface area contributed by atoms with Crippen LogP contribution in [0.25, 0.3) is 0 Å². The summed E-state index contributed by atoms with van der Waals surface area (Å²) in [6.07, 6.45) is 4.11. The summed E-state index contributed by atoms with van der Waals surface area (Å²) < 4.78 is 0. The summed E-state index contributed by atoms with van der Waals surface area (Å²) in [5, 5.41) is 8.46. The van der Waals surface area contributed by atoms with Crippen LogP contribution in [0.4, 0.5) is 0 Å². The summed E-state index contributed by atoms with van der Waals surface area (Å²) in [4.78, 5) is 15.3. The third-order valence-corrected chi connectivity index (χ3v) is 2.94. The third-order valence-electron chi connectivity index (χ3n) is 2.94. The molecule has 1 N–H and O–H groups in total. The molecule has 0 aromatic carbocycles. The zero-order chi connectivity index (χ0) is 12.8. The summed E-state index contributed by atoms with van der Waals surface area (Å²) in [5.74, 6) is -0.0143. The fourth-order valence-electron chi connectivity index (χ4n) is 1.87. The van der Waals surface area contributed by atoms with Crippen LogP contribution in [0.5, 0.6) is 0 Å². The Morgan fingerprint density at radius 3 is 2.06 bits per heavy atom. The highest BCUT2D eigenvalue weighted by molar-refractivity contribution is 5.72. The molecule has 3 nitrogen and oxygen atoms in total. The summed E-state index contributed by atoms with van der Waals surface area (Å²) in [6.45, 7) is 10.4. The lowest BCUT2D eigenvalue weighted by Crippen LogP contribution is -2.29. The molecule has 0 bridgehead atoms. The largest absolute Gasteiger partial charge is 0.345 e. The maximum absolute atomic E-state index is 11.4. The Morgan fingerprint density at radius 2 is 1.69 bits per heavy atom. The number of carbonyl (C=O) groups excluding carboxylic acids is 1. The molecule has 3 heteroatoms. The van der Waals surface area contributed by atoms with Crippen LogP contribution in [-0.4, -0.2) is 11.2 Å². The van der Waals surface area contributed by atoms with Crippen molar-refractivity contribution in [2.75, 3.05) is 0 Å². The molecule has 0 aliphatic heterocycles. The lowest BCUT2D eigenvalue weighted by atomic mass is 9.77. The third kappa shape index (κ3) is 6.11. The van der Waals surface area contributed by atoms with Gasteiger partial charge in [0, 0.05) is 0 Å². The molecule has 0 heterocycles. The summed E-state index contributed by atoms with van der Waals surface area (Å²) in [7, 11) is 0. The molecule has 0 aromatic heterocycles. The number of hydrogen-bond acceptors (Lipinski definition) is 3. The second-order valence-electron chi connectivity index (χ2n) is 6.01. The molecule has 0 saturated heterocycles. The van der Waals surface area contributed by atoms with Gasteiger partial charge < -0.3 is 4.89 Å². The van der Waals surface area contributed by atoms with Crippen LogP contribution in [0.15, 0.2) is 0 Å². The zero-order valence-corrected chi connectivity index (χ0v) is 11.2. The Bertz CT molecular complexity index is 204. The van der Waals surface area contributed by atoms with Crippen LogP contribution in [0.1, 0.15) is 60.3 Å². The van der Waals surface area contributed by atoms with Gasteiger partial charge >= 0.3 is 5.97 Å². The Kier molecular flexibility index (Phi) is 6.65. The molecule has 0 spiro atoms. The van der Waals surface area contributed by atoms with Crippen LogP contribution < -0.4 is 0 Å². The van der Waals surface area contributed by atoms with Gasteiger partial charge in [0.05, 0.1) is 5.92 Å². The smallest absolute Gasteiger partial charge is 0.301 e. The van der Waals surface area contributed by atoms with E-state index in [1.807, 2.05) is 20.8 Å². The van der Waals surface area contributed by atoms with E-state index in [-0.39, 0.29) is 11.3 Å². The predicted molar refractivity (Wildman–Crippen MR) is 65.0 cm³/mol. The zero-order valence-electron chi connectivity index (χ0n) is 11.2. The highest BCUT2D eigenvalue weighted by Crippen LogP contribution is 2.31. The van der Waals surface area contributed by atoms with Crippen LogP contribution in [0.3, 0.4) is 0 Å². The van der Waals surface area contributed by atoms with Gasteiger partial charge in [0.1, 0.15) is 0 Å². The van der Waals surface area contributed by atoms with Gasteiger partial charge in [0.2, 0.25) is 0 Å². The Labute approximate surface area is 99.1 Å². The van der Waals surface area contributed by atoms with Crippen LogP contribution in [0.2, 0.25) is 0 Å². The minimum atomic E-state index is -0.503. The summed E-state index contributed by atoms with van der Waals surface area (Å²) >= 11 is 0. The van der Waals surface area contributed by atoms with E-state index >= 15 is 0 Å². The average Bonchev–Trinajstić information content (AvgIpc) is 2.14. The normalized spacial score (nSPS) is 13.9. The first-order valence-corrected chi connectivity index (χ1v) is 6.14. The minimum Gasteiger partial charge on any atom is -0.301 e. The predicted octanol–water partition coefficient (Wildman–Crippen LogP) is 3.88. The molecule has 0 saturated carbocycles. The second kappa shape index (κ2) is 6.89. The van der Waals surface area contributed by atoms with Crippen molar-refractivity contribution in [1.82, 2.24) is 0 Å². The van der Waals surface area contributed by atoms with Crippen molar-refractivity contribution in [3.63, 3.8) is 0 Å². The highest BCUT2D eigenvalue weighted by atomic mass is 17.1. The molecule has 16 heavy (non-hydrogen) atoms. The molecule has 0 rings (SSSR count). The number of carbonyl (C=O) groups is 1. The van der Waals surface area contributed by atoms with Crippen LogP contribution in [0, 0.1) is 17.3 Å². The Hall–Kier alpha value is -0.570. The summed E-state index contributed by atoms with van der Waals surface area (Å²) in [5.41, 5.74) is -0.155. The Balaban J connectivity index is 4.09. The van der Waals surface area contributed by atoms with Crippen LogP contribution in [-0.2, 0) is 9.68 Å². The van der Waals surface area contributed by atoms with Crippen molar-refractivity contribution in [3.8, 4) is 0 Å². The molecular formula is C13H26O3. The first-order valence-electron chi connectivity index (χ1n) is 6.14.